The van der Waals surface area contributed by atoms with Crippen LogP contribution >= 0.6 is 0 Å². The summed E-state index contributed by atoms with van der Waals surface area (Å²) < 4.78 is 7.26. The van der Waals surface area contributed by atoms with Crippen molar-refractivity contribution in [1.29, 1.82) is 0 Å². The lowest BCUT2D eigenvalue weighted by Crippen LogP contribution is -2.37. The summed E-state index contributed by atoms with van der Waals surface area (Å²) in [6, 6.07) is 11.4. The van der Waals surface area contributed by atoms with Crippen LogP contribution in [0.15, 0.2) is 61.1 Å². The maximum atomic E-state index is 13.2. The molecule has 0 saturated carbocycles. The highest BCUT2D eigenvalue weighted by Crippen LogP contribution is 2.18. The summed E-state index contributed by atoms with van der Waals surface area (Å²) in [6.07, 6.45) is 7.04. The van der Waals surface area contributed by atoms with Crippen molar-refractivity contribution in [2.45, 2.75) is 25.5 Å². The van der Waals surface area contributed by atoms with Gasteiger partial charge in [-0.05, 0) is 42.7 Å². The third-order valence-electron chi connectivity index (χ3n) is 4.96. The number of carbonyl (C=O) groups excluding carboxylic acids is 1. The summed E-state index contributed by atoms with van der Waals surface area (Å²) in [5.41, 5.74) is 1.87. The van der Waals surface area contributed by atoms with E-state index in [1.54, 1.807) is 41.7 Å². The predicted molar refractivity (Wildman–Crippen MR) is 108 cm³/mol. The van der Waals surface area contributed by atoms with Crippen LogP contribution in [0.2, 0.25) is 0 Å². The zero-order chi connectivity index (χ0) is 20.9. The maximum Gasteiger partial charge on any atom is 0.274 e. The zero-order valence-corrected chi connectivity index (χ0v) is 16.3. The van der Waals surface area contributed by atoms with Gasteiger partial charge in [0.2, 0.25) is 0 Å². The van der Waals surface area contributed by atoms with Crippen molar-refractivity contribution >= 4 is 11.6 Å². The number of benzene rings is 1. The molecule has 0 N–H and O–H groups in total. The summed E-state index contributed by atoms with van der Waals surface area (Å²) in [5.74, 6) is -0.199. The first kappa shape index (κ1) is 19.7. The number of rotatable bonds is 7. The molecule has 1 aliphatic heterocycles. The molecular formula is C21H21N5O4. The molecule has 4 rings (SSSR count). The third-order valence-corrected chi connectivity index (χ3v) is 4.96. The molecule has 9 heteroatoms. The van der Waals surface area contributed by atoms with E-state index in [9.17, 15) is 14.9 Å². The van der Waals surface area contributed by atoms with Crippen LogP contribution in [0.1, 0.15) is 28.9 Å². The van der Waals surface area contributed by atoms with Gasteiger partial charge in [-0.25, -0.2) is 4.68 Å². The monoisotopic (exact) mass is 407 g/mol. The molecule has 30 heavy (non-hydrogen) atoms. The Morgan fingerprint density at radius 1 is 1.27 bits per heavy atom. The highest BCUT2D eigenvalue weighted by molar-refractivity contribution is 5.92. The van der Waals surface area contributed by atoms with Gasteiger partial charge in [0.25, 0.3) is 11.6 Å². The van der Waals surface area contributed by atoms with E-state index in [4.69, 9.17) is 4.74 Å². The predicted octanol–water partition coefficient (Wildman–Crippen LogP) is 3.00. The molecule has 1 aromatic carbocycles. The molecule has 0 aliphatic carbocycles. The fraction of sp³-hybridized carbons (Fsp3) is 0.286. The summed E-state index contributed by atoms with van der Waals surface area (Å²) in [6.45, 7) is 1.61. The van der Waals surface area contributed by atoms with Gasteiger partial charge in [0, 0.05) is 50.4 Å². The third kappa shape index (κ3) is 4.52. The Kier molecular flexibility index (Phi) is 5.80. The number of ether oxygens (including phenoxy) is 1. The van der Waals surface area contributed by atoms with Crippen molar-refractivity contribution in [2.24, 2.45) is 0 Å². The van der Waals surface area contributed by atoms with Crippen molar-refractivity contribution in [3.05, 3.63) is 82.4 Å². The number of hydrogen-bond acceptors (Lipinski definition) is 6. The van der Waals surface area contributed by atoms with E-state index in [0.29, 0.717) is 31.1 Å². The van der Waals surface area contributed by atoms with Crippen LogP contribution in [0.25, 0.3) is 5.69 Å². The van der Waals surface area contributed by atoms with Crippen molar-refractivity contribution in [3.8, 4) is 5.69 Å². The Morgan fingerprint density at radius 2 is 2.10 bits per heavy atom. The largest absolute Gasteiger partial charge is 0.376 e. The van der Waals surface area contributed by atoms with Crippen LogP contribution in [-0.2, 0) is 11.3 Å². The number of nitro groups is 1. The molecule has 154 valence electrons. The first-order valence-corrected chi connectivity index (χ1v) is 9.70. The molecule has 1 atom stereocenters. The number of nitrogens with zero attached hydrogens (tertiary/aromatic N) is 5. The Balaban J connectivity index is 1.54. The van der Waals surface area contributed by atoms with E-state index in [0.717, 1.165) is 18.4 Å². The van der Waals surface area contributed by atoms with E-state index in [-0.39, 0.29) is 17.7 Å². The van der Waals surface area contributed by atoms with Crippen molar-refractivity contribution in [3.63, 3.8) is 0 Å². The number of pyridine rings is 1. The van der Waals surface area contributed by atoms with E-state index in [1.807, 2.05) is 12.1 Å². The average Bonchev–Trinajstić information content (AvgIpc) is 3.46. The molecule has 9 nitrogen and oxygen atoms in total. The number of amides is 1. The normalized spacial score (nSPS) is 15.8. The van der Waals surface area contributed by atoms with Gasteiger partial charge in [0.05, 0.1) is 16.7 Å². The van der Waals surface area contributed by atoms with Crippen LogP contribution in [0.4, 0.5) is 5.69 Å². The van der Waals surface area contributed by atoms with E-state index >= 15 is 0 Å². The van der Waals surface area contributed by atoms with Crippen LogP contribution in [0.5, 0.6) is 0 Å². The van der Waals surface area contributed by atoms with Crippen molar-refractivity contribution in [2.75, 3.05) is 13.2 Å². The van der Waals surface area contributed by atoms with Crippen LogP contribution in [0, 0.1) is 10.1 Å². The Hall–Kier alpha value is -3.59. The van der Waals surface area contributed by atoms with E-state index in [1.165, 1.54) is 16.8 Å². The smallest absolute Gasteiger partial charge is 0.274 e. The lowest BCUT2D eigenvalue weighted by molar-refractivity contribution is -0.384. The Bertz CT molecular complexity index is 1010. The second kappa shape index (κ2) is 8.83. The van der Waals surface area contributed by atoms with Crippen molar-refractivity contribution < 1.29 is 14.5 Å². The Labute approximate surface area is 173 Å². The minimum atomic E-state index is -0.455. The minimum absolute atomic E-state index is 0.00131. The standard InChI is InChI=1S/C21H21N5O4/c27-21(20-9-11-25(23-20)17-5-7-18(8-6-17)26(28)29)24(15-19-4-2-12-30-19)14-16-3-1-10-22-13-16/h1,3,5-11,13,19H,2,4,12,14-15H2. The number of hydrogen-bond donors (Lipinski definition) is 0. The summed E-state index contributed by atoms with van der Waals surface area (Å²) in [4.78, 5) is 29.4. The van der Waals surface area contributed by atoms with Gasteiger partial charge in [-0.2, -0.15) is 5.10 Å². The van der Waals surface area contributed by atoms with Gasteiger partial charge in [0.15, 0.2) is 5.69 Å². The van der Waals surface area contributed by atoms with Crippen LogP contribution in [0.3, 0.4) is 0 Å². The fourth-order valence-corrected chi connectivity index (χ4v) is 3.44. The molecule has 3 heterocycles. The second-order valence-corrected chi connectivity index (χ2v) is 7.10. The van der Waals surface area contributed by atoms with Gasteiger partial charge < -0.3 is 9.64 Å². The molecule has 1 unspecified atom stereocenters. The first-order valence-electron chi connectivity index (χ1n) is 9.70. The lowest BCUT2D eigenvalue weighted by atomic mass is 10.2. The van der Waals surface area contributed by atoms with Gasteiger partial charge in [0.1, 0.15) is 0 Å². The summed E-state index contributed by atoms with van der Waals surface area (Å²) in [5, 5.41) is 15.2. The molecule has 0 spiro atoms. The fourth-order valence-electron chi connectivity index (χ4n) is 3.44. The zero-order valence-electron chi connectivity index (χ0n) is 16.3. The minimum Gasteiger partial charge on any atom is -0.376 e. The molecule has 1 amide bonds. The van der Waals surface area contributed by atoms with Crippen LogP contribution in [-0.4, -0.2) is 49.8 Å². The quantitative estimate of drug-likeness (QED) is 0.441. The number of non-ortho nitro benzene ring substituents is 1. The lowest BCUT2D eigenvalue weighted by Gasteiger charge is -2.24. The Morgan fingerprint density at radius 3 is 2.77 bits per heavy atom. The molecule has 0 radical (unpaired) electrons. The maximum absolute atomic E-state index is 13.2. The average molecular weight is 407 g/mol. The van der Waals surface area contributed by atoms with Gasteiger partial charge in [-0.15, -0.1) is 0 Å². The SMILES string of the molecule is O=C(c1ccn(-c2ccc([N+](=O)[O-])cc2)n1)N(Cc1cccnc1)CC1CCCO1. The molecule has 1 saturated heterocycles. The van der Waals surface area contributed by atoms with Gasteiger partial charge >= 0.3 is 0 Å². The number of nitro benzene ring substituents is 1. The molecule has 1 fully saturated rings. The number of carbonyl (C=O) groups is 1. The highest BCUT2D eigenvalue weighted by atomic mass is 16.6. The van der Waals surface area contributed by atoms with Crippen molar-refractivity contribution in [1.82, 2.24) is 19.7 Å². The molecule has 3 aromatic rings. The molecular weight excluding hydrogens is 386 g/mol. The summed E-state index contributed by atoms with van der Waals surface area (Å²) in [7, 11) is 0. The first-order chi connectivity index (χ1) is 14.6. The molecule has 0 bridgehead atoms. The molecule has 2 aromatic heterocycles. The second-order valence-electron chi connectivity index (χ2n) is 7.10. The van der Waals surface area contributed by atoms with Gasteiger partial charge in [-0.3, -0.25) is 19.9 Å². The number of aromatic nitrogens is 3. The van der Waals surface area contributed by atoms with Gasteiger partial charge in [-0.1, -0.05) is 6.07 Å². The van der Waals surface area contributed by atoms with E-state index in [2.05, 4.69) is 10.1 Å². The van der Waals surface area contributed by atoms with Crippen LogP contribution < -0.4 is 0 Å². The topological polar surface area (TPSA) is 103 Å². The molecule has 1 aliphatic rings. The summed E-state index contributed by atoms with van der Waals surface area (Å²) >= 11 is 0. The van der Waals surface area contributed by atoms with E-state index < -0.39 is 4.92 Å². The highest BCUT2D eigenvalue weighted by Gasteiger charge is 2.25.